The minimum Gasteiger partial charge on any atom is -0.456 e. The molecule has 7 heterocycles. The summed E-state index contributed by atoms with van der Waals surface area (Å²) in [7, 11) is 0. The molecule has 140 heavy (non-hydrogen) atoms. The summed E-state index contributed by atoms with van der Waals surface area (Å²) in [5, 5.41) is 11.4. The number of thiophene rings is 1. The molecule has 0 aliphatic rings. The van der Waals surface area contributed by atoms with Crippen molar-refractivity contribution in [2.45, 2.75) is 0 Å². The average molecular weight is 1810 g/mol. The van der Waals surface area contributed by atoms with Gasteiger partial charge in [-0.25, -0.2) is 44.9 Å². The zero-order chi connectivity index (χ0) is 92.8. The van der Waals surface area contributed by atoms with Crippen LogP contribution in [0.25, 0.3) is 266 Å². The van der Waals surface area contributed by atoms with Crippen molar-refractivity contribution < 1.29 is 13.3 Å². The number of nitrogens with zero attached hydrogens (tertiary/aromatic N) is 9. The van der Waals surface area contributed by atoms with Gasteiger partial charge >= 0.3 is 0 Å². The van der Waals surface area contributed by atoms with Crippen LogP contribution in [0.1, 0.15) is 0 Å². The zero-order valence-corrected chi connectivity index (χ0v) is 76.1. The Morgan fingerprint density at radius 2 is 0.357 bits per heavy atom. The molecule has 0 amide bonds. The van der Waals surface area contributed by atoms with E-state index < -0.39 is 0 Å². The second-order valence-electron chi connectivity index (χ2n) is 34.7. The van der Waals surface area contributed by atoms with Crippen LogP contribution >= 0.6 is 11.3 Å². The van der Waals surface area contributed by atoms with Crippen molar-refractivity contribution in [3.63, 3.8) is 0 Å². The number of benzene rings is 20. The van der Waals surface area contributed by atoms with Gasteiger partial charge in [0, 0.05) is 103 Å². The summed E-state index contributed by atoms with van der Waals surface area (Å²) < 4.78 is 20.6. The summed E-state index contributed by atoms with van der Waals surface area (Å²) in [6.45, 7) is 0. The number of aromatic nitrogens is 9. The lowest BCUT2D eigenvalue weighted by molar-refractivity contribution is 0.668. The van der Waals surface area contributed by atoms with Crippen LogP contribution in [0.4, 0.5) is 0 Å². The number of hydrogen-bond donors (Lipinski definition) is 0. The number of rotatable bonds is 15. The summed E-state index contributed by atoms with van der Waals surface area (Å²) >= 11 is 1.79. The van der Waals surface area contributed by atoms with E-state index in [0.29, 0.717) is 52.4 Å². The monoisotopic (exact) mass is 1810 g/mol. The van der Waals surface area contributed by atoms with E-state index >= 15 is 0 Å². The van der Waals surface area contributed by atoms with Gasteiger partial charge in [0.2, 0.25) is 0 Å². The Bertz CT molecular complexity index is 9360. The topological polar surface area (TPSA) is 155 Å². The fourth-order valence-corrected chi connectivity index (χ4v) is 19.7. The van der Waals surface area contributed by atoms with Crippen LogP contribution in [-0.2, 0) is 0 Å². The Kier molecular flexibility index (Phi) is 21.5. The van der Waals surface area contributed by atoms with Crippen molar-refractivity contribution in [1.82, 2.24) is 44.9 Å². The Morgan fingerprint density at radius 1 is 0.121 bits per heavy atom. The molecule has 0 atom stereocenters. The maximum Gasteiger partial charge on any atom is 0.164 e. The molecule has 0 saturated heterocycles. The molecule has 20 aromatic carbocycles. The predicted molar refractivity (Wildman–Crippen MR) is 573 cm³/mol. The SMILES string of the molecule is c1ccc(-c2ccc(-c3nc(-c4cccc(-c5ccccc5)c4)nc(-c4ccc5c(c4)sc4ccc(-c6ccc7oc8ccccc8c7c6)cc45)n3)cc2)cc1.c1ccc(-c2ccc(-c3nc(-c4cccc(-c5ccccc5)c4)nc(-c4ccc5oc6ccccc6c5c4)n3)cc2)cc1.c1ccc(-c2nc(-c3ccc(-c4ccc5oc6ccccc6c5c4)cc3)nc(-c3ccc4ccccc4c3)n2)cc1. The van der Waals surface area contributed by atoms with E-state index in [-0.39, 0.29) is 0 Å². The minimum atomic E-state index is 0.615. The molecule has 12 nitrogen and oxygen atoms in total. The van der Waals surface area contributed by atoms with Crippen molar-refractivity contribution in [2.75, 3.05) is 0 Å². The van der Waals surface area contributed by atoms with Gasteiger partial charge in [0.25, 0.3) is 0 Å². The number of furan rings is 3. The van der Waals surface area contributed by atoms with E-state index in [9.17, 15) is 0 Å². The highest BCUT2D eigenvalue weighted by atomic mass is 32.1. The van der Waals surface area contributed by atoms with Crippen LogP contribution < -0.4 is 0 Å². The molecule has 0 aliphatic carbocycles. The first-order chi connectivity index (χ1) is 69.3. The van der Waals surface area contributed by atoms with Gasteiger partial charge in [0.15, 0.2) is 52.4 Å². The van der Waals surface area contributed by atoms with Gasteiger partial charge in [-0.2, -0.15) is 0 Å². The summed E-state index contributed by atoms with van der Waals surface area (Å²) in [5.74, 6) is 5.73. The first kappa shape index (κ1) is 83.2. The third-order valence-electron chi connectivity index (χ3n) is 25.8. The van der Waals surface area contributed by atoms with Crippen molar-refractivity contribution in [1.29, 1.82) is 0 Å². The van der Waals surface area contributed by atoms with Crippen molar-refractivity contribution >= 4 is 108 Å². The molecule has 0 fully saturated rings. The van der Waals surface area contributed by atoms with E-state index in [1.807, 2.05) is 121 Å². The molecule has 27 rings (SSSR count). The third kappa shape index (κ3) is 16.6. The van der Waals surface area contributed by atoms with Gasteiger partial charge in [-0.05, 0) is 175 Å². The molecule has 0 N–H and O–H groups in total. The first-order valence-corrected chi connectivity index (χ1v) is 47.4. The molecule has 13 heteroatoms. The van der Waals surface area contributed by atoms with Crippen molar-refractivity contribution in [3.05, 3.63) is 479 Å². The van der Waals surface area contributed by atoms with E-state index in [0.717, 1.165) is 166 Å². The smallest absolute Gasteiger partial charge is 0.164 e. The van der Waals surface area contributed by atoms with E-state index in [1.165, 1.54) is 47.8 Å². The summed E-state index contributed by atoms with van der Waals surface area (Å²) in [6, 6.07) is 165. The lowest BCUT2D eigenvalue weighted by Crippen LogP contribution is -2.00. The largest absolute Gasteiger partial charge is 0.456 e. The molecule has 0 bridgehead atoms. The third-order valence-corrected chi connectivity index (χ3v) is 27.0. The fourth-order valence-electron chi connectivity index (χ4n) is 18.6. The van der Waals surface area contributed by atoms with Crippen LogP contribution in [0.5, 0.6) is 0 Å². The summed E-state index contributed by atoms with van der Waals surface area (Å²) in [6.07, 6.45) is 0. The lowest BCUT2D eigenvalue weighted by Gasteiger charge is -2.10. The Hall–Kier alpha value is -18.7. The van der Waals surface area contributed by atoms with Crippen LogP contribution in [0.2, 0.25) is 0 Å². The summed E-state index contributed by atoms with van der Waals surface area (Å²) in [4.78, 5) is 45.1. The van der Waals surface area contributed by atoms with E-state index in [2.05, 4.69) is 358 Å². The van der Waals surface area contributed by atoms with Gasteiger partial charge in [0.05, 0.1) is 0 Å². The zero-order valence-electron chi connectivity index (χ0n) is 75.3. The lowest BCUT2D eigenvalue weighted by atomic mass is 10.0. The Morgan fingerprint density at radius 3 is 0.779 bits per heavy atom. The van der Waals surface area contributed by atoms with Crippen LogP contribution in [-0.4, -0.2) is 44.9 Å². The molecule has 0 radical (unpaired) electrons. The summed E-state index contributed by atoms with van der Waals surface area (Å²) in [5.41, 5.74) is 27.5. The van der Waals surface area contributed by atoms with Gasteiger partial charge in [-0.1, -0.05) is 382 Å². The van der Waals surface area contributed by atoms with Gasteiger partial charge in [0.1, 0.15) is 33.5 Å². The van der Waals surface area contributed by atoms with Crippen molar-refractivity contribution in [2.24, 2.45) is 0 Å². The molecule has 0 spiro atoms. The molecule has 0 unspecified atom stereocenters. The second-order valence-corrected chi connectivity index (χ2v) is 35.7. The molecular formula is C127H79N9O3S. The standard InChI is InChI=1S/C51H31N3OS.C39H25N3O.C37H23N3O/c1-3-10-32(11-4-1)34-18-20-35(21-19-34)49-52-50(39-15-9-14-36(28-39)33-12-5-2-6-13-33)54-51(53-49)40-22-25-42-44-30-38(24-27-47(44)56-48(42)31-40)37-23-26-46-43(29-37)41-16-7-8-17-45(41)55-46;1-3-10-26(11-4-1)28-18-20-29(21-19-28)37-40-38(31-15-9-14-30(24-31)27-12-5-2-6-13-27)42-39(41-37)32-22-23-36-34(25-32)33-16-7-8-17-35(33)43-36;1-2-9-26(10-3-1)35-38-36(40-37(39-35)30-19-16-24-8-4-5-11-28(24)22-30)27-17-14-25(15-18-27)29-20-21-34-32(23-29)31-12-6-7-13-33(31)41-34/h1-31H;1-25H;1-23H. The molecule has 0 saturated carbocycles. The fraction of sp³-hybridized carbons (Fsp3) is 0. The maximum atomic E-state index is 6.10. The molecule has 27 aromatic rings. The van der Waals surface area contributed by atoms with Gasteiger partial charge in [-0.15, -0.1) is 11.3 Å². The van der Waals surface area contributed by atoms with E-state index in [1.54, 1.807) is 11.3 Å². The van der Waals surface area contributed by atoms with Crippen molar-refractivity contribution in [3.8, 4) is 169 Å². The number of para-hydroxylation sites is 3. The minimum absolute atomic E-state index is 0.615. The van der Waals surface area contributed by atoms with Gasteiger partial charge in [-0.3, -0.25) is 0 Å². The van der Waals surface area contributed by atoms with E-state index in [4.69, 9.17) is 58.1 Å². The predicted octanol–water partition coefficient (Wildman–Crippen LogP) is 33.8. The number of hydrogen-bond acceptors (Lipinski definition) is 13. The first-order valence-electron chi connectivity index (χ1n) is 46.6. The Labute approximate surface area is 809 Å². The van der Waals surface area contributed by atoms with Crippen LogP contribution in [0.15, 0.2) is 492 Å². The second kappa shape index (κ2) is 36.3. The molecule has 656 valence electrons. The highest BCUT2D eigenvalue weighted by Gasteiger charge is 2.22. The Balaban J connectivity index is 0.000000113. The van der Waals surface area contributed by atoms with Crippen LogP contribution in [0.3, 0.4) is 0 Å². The molecule has 0 aliphatic heterocycles. The maximum absolute atomic E-state index is 6.10. The highest BCUT2D eigenvalue weighted by Crippen LogP contribution is 2.44. The normalized spacial score (nSPS) is 11.4. The highest BCUT2D eigenvalue weighted by molar-refractivity contribution is 7.25. The number of fused-ring (bicyclic) bond motifs is 13. The van der Waals surface area contributed by atoms with Gasteiger partial charge < -0.3 is 13.3 Å². The van der Waals surface area contributed by atoms with Crippen LogP contribution in [0, 0.1) is 0 Å². The molecule has 7 aromatic heterocycles. The average Bonchev–Trinajstić information content (AvgIpc) is 1.58. The quantitative estimate of drug-likeness (QED) is 0.0959. The molecular weight excluding hydrogens is 1730 g/mol.